The Morgan fingerprint density at radius 3 is 2.66 bits per heavy atom. The van der Waals surface area contributed by atoms with Gasteiger partial charge >= 0.3 is 0 Å². The predicted molar refractivity (Wildman–Crippen MR) is 133 cm³/mol. The molecule has 2 fully saturated rings. The highest BCUT2D eigenvalue weighted by atomic mass is 19.1. The zero-order chi connectivity index (χ0) is 24.5. The number of hydrogen-bond acceptors (Lipinski definition) is 5. The average Bonchev–Trinajstić information content (AvgIpc) is 3.64. The highest BCUT2D eigenvalue weighted by Gasteiger charge is 2.41. The monoisotopic (exact) mass is 474 g/mol. The van der Waals surface area contributed by atoms with Gasteiger partial charge in [-0.2, -0.15) is 0 Å². The van der Waals surface area contributed by atoms with Crippen molar-refractivity contribution in [3.63, 3.8) is 0 Å². The molecule has 2 aromatic carbocycles. The van der Waals surface area contributed by atoms with Crippen LogP contribution in [0.15, 0.2) is 72.9 Å². The molecule has 3 atom stereocenters. The van der Waals surface area contributed by atoms with Gasteiger partial charge in [-0.05, 0) is 54.2 Å². The molecule has 2 heterocycles. The number of benzene rings is 2. The van der Waals surface area contributed by atoms with Crippen molar-refractivity contribution in [2.24, 2.45) is 11.7 Å². The molecule has 5 rings (SSSR count). The summed E-state index contributed by atoms with van der Waals surface area (Å²) in [5, 5.41) is 16.8. The van der Waals surface area contributed by atoms with Crippen LogP contribution in [0.4, 0.5) is 10.1 Å². The minimum atomic E-state index is -1.15. The summed E-state index contributed by atoms with van der Waals surface area (Å²) in [6, 6.07) is 18.9. The number of aromatic nitrogens is 1. The van der Waals surface area contributed by atoms with Gasteiger partial charge in [-0.1, -0.05) is 55.3 Å². The largest absolute Gasteiger partial charge is 0.384 e. The molecule has 1 aromatic heterocycles. The topological polar surface area (TPSA) is 100 Å². The zero-order valence-electron chi connectivity index (χ0n) is 19.6. The summed E-state index contributed by atoms with van der Waals surface area (Å²) in [6.07, 6.45) is 5.98. The first-order valence-corrected chi connectivity index (χ1v) is 12.2. The van der Waals surface area contributed by atoms with Crippen LogP contribution in [-0.4, -0.2) is 28.6 Å². The van der Waals surface area contributed by atoms with Gasteiger partial charge in [-0.15, -0.1) is 0 Å². The number of carbonyl (C=O) groups excluding carboxylic acids is 1. The molecule has 3 unspecified atom stereocenters. The molecule has 5 N–H and O–H groups in total. The third-order valence-electron chi connectivity index (χ3n) is 7.32. The Morgan fingerprint density at radius 1 is 1.17 bits per heavy atom. The van der Waals surface area contributed by atoms with E-state index >= 15 is 0 Å². The third kappa shape index (κ3) is 4.98. The van der Waals surface area contributed by atoms with Crippen molar-refractivity contribution in [2.75, 3.05) is 11.9 Å². The van der Waals surface area contributed by atoms with Gasteiger partial charge in [0, 0.05) is 19.2 Å². The number of pyridine rings is 1. The van der Waals surface area contributed by atoms with E-state index in [1.165, 1.54) is 18.9 Å². The number of rotatable bonds is 8. The van der Waals surface area contributed by atoms with Crippen LogP contribution in [-0.2, 0) is 15.9 Å². The molecule has 1 amide bonds. The molecular weight excluding hydrogens is 443 g/mol. The molecule has 6 nitrogen and oxygen atoms in total. The Kier molecular flexibility index (Phi) is 6.40. The second-order valence-corrected chi connectivity index (χ2v) is 9.89. The maximum Gasteiger partial charge on any atom is 0.241 e. The van der Waals surface area contributed by atoms with Crippen LogP contribution in [0, 0.1) is 11.7 Å². The molecule has 1 aliphatic carbocycles. The average molecular weight is 475 g/mol. The predicted octanol–water partition coefficient (Wildman–Crippen LogP) is 3.80. The number of halogens is 1. The summed E-state index contributed by atoms with van der Waals surface area (Å²) in [5.74, 6) is -0.256. The minimum absolute atomic E-state index is 0.0710. The third-order valence-corrected chi connectivity index (χ3v) is 7.32. The normalized spacial score (nSPS) is 23.6. The summed E-state index contributed by atoms with van der Waals surface area (Å²) >= 11 is 0. The molecule has 35 heavy (non-hydrogen) atoms. The van der Waals surface area contributed by atoms with Crippen molar-refractivity contribution in [3.8, 4) is 0 Å². The van der Waals surface area contributed by atoms with E-state index in [0.29, 0.717) is 17.9 Å². The highest BCUT2D eigenvalue weighted by molar-refractivity contribution is 5.95. The van der Waals surface area contributed by atoms with E-state index in [1.807, 2.05) is 48.5 Å². The lowest BCUT2D eigenvalue weighted by Crippen LogP contribution is -2.39. The lowest BCUT2D eigenvalue weighted by atomic mass is 9.82. The van der Waals surface area contributed by atoms with Crippen LogP contribution in [0.1, 0.15) is 48.9 Å². The smallest absolute Gasteiger partial charge is 0.241 e. The van der Waals surface area contributed by atoms with Crippen LogP contribution in [0.2, 0.25) is 0 Å². The van der Waals surface area contributed by atoms with Gasteiger partial charge in [0.25, 0.3) is 0 Å². The SMILES string of the molecule is NC(CCC1CC1)(c1ccc(F)c(NC(=O)C2CC(O)(c3ccccc3)CN2)c1)c1ccccn1. The Bertz CT molecular complexity index is 1190. The Hall–Kier alpha value is -3.13. The number of nitrogens with two attached hydrogens (primary N) is 1. The van der Waals surface area contributed by atoms with E-state index < -0.39 is 28.9 Å². The minimum Gasteiger partial charge on any atom is -0.384 e. The van der Waals surface area contributed by atoms with Gasteiger partial charge in [0.2, 0.25) is 5.91 Å². The quantitative estimate of drug-likeness (QED) is 0.398. The maximum atomic E-state index is 14.8. The number of amides is 1. The number of β-amino-alcohol motifs (C(OH)–C–C–N with tert-alkyl or cyclic N) is 1. The van der Waals surface area contributed by atoms with E-state index in [1.54, 1.807) is 18.3 Å². The number of carbonyl (C=O) groups is 1. The number of anilines is 1. The number of aliphatic hydroxyl groups is 1. The second-order valence-electron chi connectivity index (χ2n) is 9.89. The van der Waals surface area contributed by atoms with Gasteiger partial charge in [-0.3, -0.25) is 9.78 Å². The first kappa shape index (κ1) is 23.6. The summed E-state index contributed by atoms with van der Waals surface area (Å²) in [6.45, 7) is 0.240. The standard InChI is InChI=1S/C28H31FN4O2/c29-22-12-11-21(28(30,14-13-19-9-10-19)25-8-4-5-15-31-25)16-23(22)33-26(34)24-17-27(35,18-32-24)20-6-2-1-3-7-20/h1-8,11-12,15-16,19,24,32,35H,9-10,13-14,17-18,30H2,(H,33,34). The highest BCUT2D eigenvalue weighted by Crippen LogP contribution is 2.40. The molecule has 1 saturated carbocycles. The lowest BCUT2D eigenvalue weighted by molar-refractivity contribution is -0.118. The van der Waals surface area contributed by atoms with Crippen LogP contribution >= 0.6 is 0 Å². The molecule has 3 aromatic rings. The van der Waals surface area contributed by atoms with Gasteiger partial charge in [0.15, 0.2) is 0 Å². The van der Waals surface area contributed by atoms with E-state index in [-0.39, 0.29) is 18.7 Å². The summed E-state index contributed by atoms with van der Waals surface area (Å²) in [5.41, 5.74) is 7.13. The summed E-state index contributed by atoms with van der Waals surface area (Å²) in [7, 11) is 0. The van der Waals surface area contributed by atoms with Crippen LogP contribution in [0.3, 0.4) is 0 Å². The van der Waals surface area contributed by atoms with Crippen molar-refractivity contribution in [3.05, 3.63) is 95.6 Å². The molecule has 1 aliphatic heterocycles. The maximum absolute atomic E-state index is 14.8. The van der Waals surface area contributed by atoms with Gasteiger partial charge < -0.3 is 21.5 Å². The molecule has 0 spiro atoms. The van der Waals surface area contributed by atoms with Gasteiger partial charge in [-0.25, -0.2) is 4.39 Å². The summed E-state index contributed by atoms with van der Waals surface area (Å²) < 4.78 is 14.8. The van der Waals surface area contributed by atoms with E-state index in [4.69, 9.17) is 5.73 Å². The Morgan fingerprint density at radius 2 is 1.94 bits per heavy atom. The van der Waals surface area contributed by atoms with E-state index in [2.05, 4.69) is 15.6 Å². The molecule has 1 saturated heterocycles. The molecule has 0 bridgehead atoms. The van der Waals surface area contributed by atoms with Crippen LogP contribution in [0.5, 0.6) is 0 Å². The fourth-order valence-corrected chi connectivity index (χ4v) is 4.93. The first-order valence-electron chi connectivity index (χ1n) is 12.2. The molecule has 7 heteroatoms. The molecule has 0 radical (unpaired) electrons. The fraction of sp³-hybridized carbons (Fsp3) is 0.357. The Balaban J connectivity index is 1.36. The summed E-state index contributed by atoms with van der Waals surface area (Å²) in [4.78, 5) is 17.5. The van der Waals surface area contributed by atoms with Crippen LogP contribution in [0.25, 0.3) is 0 Å². The van der Waals surface area contributed by atoms with Crippen molar-refractivity contribution in [1.29, 1.82) is 0 Å². The van der Waals surface area contributed by atoms with E-state index in [0.717, 1.165) is 17.7 Å². The fourth-order valence-electron chi connectivity index (χ4n) is 4.93. The van der Waals surface area contributed by atoms with E-state index in [9.17, 15) is 14.3 Å². The number of nitrogens with zero attached hydrogens (tertiary/aromatic N) is 1. The van der Waals surface area contributed by atoms with Crippen molar-refractivity contribution in [1.82, 2.24) is 10.3 Å². The number of nitrogens with one attached hydrogen (secondary N) is 2. The van der Waals surface area contributed by atoms with Crippen molar-refractivity contribution < 1.29 is 14.3 Å². The van der Waals surface area contributed by atoms with Crippen LogP contribution < -0.4 is 16.4 Å². The zero-order valence-corrected chi connectivity index (χ0v) is 19.6. The molecule has 182 valence electrons. The number of hydrogen-bond donors (Lipinski definition) is 4. The van der Waals surface area contributed by atoms with Gasteiger partial charge in [0.05, 0.1) is 23.0 Å². The molecule has 2 aliphatic rings. The van der Waals surface area contributed by atoms with Gasteiger partial charge in [0.1, 0.15) is 11.4 Å². The lowest BCUT2D eigenvalue weighted by Gasteiger charge is -2.30. The Labute approximate surface area is 204 Å². The molecular formula is C28H31FN4O2. The van der Waals surface area contributed by atoms with Crippen molar-refractivity contribution >= 4 is 11.6 Å². The van der Waals surface area contributed by atoms with Crippen molar-refractivity contribution in [2.45, 2.75) is 49.3 Å². The second kappa shape index (κ2) is 9.49. The first-order chi connectivity index (χ1) is 16.9.